The van der Waals surface area contributed by atoms with Crippen LogP contribution < -0.4 is 5.32 Å². The number of aromatic nitrogens is 2. The second-order valence-electron chi connectivity index (χ2n) is 4.10. The van der Waals surface area contributed by atoms with Gasteiger partial charge in [-0.1, -0.05) is 6.92 Å². The maximum atomic E-state index is 4.32. The Labute approximate surface area is 79.2 Å². The summed E-state index contributed by atoms with van der Waals surface area (Å²) in [5.74, 6) is 1.97. The van der Waals surface area contributed by atoms with Crippen molar-refractivity contribution in [2.24, 2.45) is 13.0 Å². The van der Waals surface area contributed by atoms with Gasteiger partial charge in [-0.25, -0.2) is 4.98 Å². The third-order valence-electron chi connectivity index (χ3n) is 2.82. The Morgan fingerprint density at radius 2 is 2.38 bits per heavy atom. The third kappa shape index (κ3) is 1.75. The third-order valence-corrected chi connectivity index (χ3v) is 2.82. The molecule has 1 aromatic rings. The van der Waals surface area contributed by atoms with Crippen LogP contribution in [0.15, 0.2) is 12.4 Å². The molecule has 1 fully saturated rings. The SMILES string of the molecule is CC(N[C@@H]1C[C@H]1C)c1nccn1C. The van der Waals surface area contributed by atoms with Crippen molar-refractivity contribution >= 4 is 0 Å². The van der Waals surface area contributed by atoms with E-state index < -0.39 is 0 Å². The average molecular weight is 179 g/mol. The first kappa shape index (κ1) is 8.75. The van der Waals surface area contributed by atoms with Gasteiger partial charge in [0.2, 0.25) is 0 Å². The highest BCUT2D eigenvalue weighted by Gasteiger charge is 2.33. The molecular weight excluding hydrogens is 162 g/mol. The Hall–Kier alpha value is -0.830. The summed E-state index contributed by atoms with van der Waals surface area (Å²) in [5, 5.41) is 3.56. The minimum absolute atomic E-state index is 0.370. The van der Waals surface area contributed by atoms with Crippen LogP contribution in [0.3, 0.4) is 0 Å². The van der Waals surface area contributed by atoms with Gasteiger partial charge in [-0.2, -0.15) is 0 Å². The van der Waals surface area contributed by atoms with Gasteiger partial charge >= 0.3 is 0 Å². The van der Waals surface area contributed by atoms with Crippen molar-refractivity contribution < 1.29 is 0 Å². The zero-order valence-corrected chi connectivity index (χ0v) is 8.49. The number of imidazole rings is 1. The van der Waals surface area contributed by atoms with E-state index in [4.69, 9.17) is 0 Å². The molecule has 1 unspecified atom stereocenters. The normalized spacial score (nSPS) is 28.8. The number of rotatable bonds is 3. The fourth-order valence-corrected chi connectivity index (χ4v) is 1.74. The Morgan fingerprint density at radius 1 is 1.69 bits per heavy atom. The molecule has 72 valence electrons. The highest BCUT2D eigenvalue weighted by atomic mass is 15.1. The summed E-state index contributed by atoms with van der Waals surface area (Å²) in [6.45, 7) is 4.45. The number of hydrogen-bond acceptors (Lipinski definition) is 2. The Balaban J connectivity index is 1.97. The lowest BCUT2D eigenvalue weighted by Crippen LogP contribution is -2.24. The van der Waals surface area contributed by atoms with Crippen LogP contribution in [-0.4, -0.2) is 15.6 Å². The summed E-state index contributed by atoms with van der Waals surface area (Å²) < 4.78 is 2.07. The van der Waals surface area contributed by atoms with E-state index in [-0.39, 0.29) is 0 Å². The highest BCUT2D eigenvalue weighted by molar-refractivity contribution is 5.01. The molecule has 0 saturated heterocycles. The number of nitrogens with one attached hydrogen (secondary N) is 1. The monoisotopic (exact) mass is 179 g/mol. The van der Waals surface area contributed by atoms with Gasteiger partial charge in [0.05, 0.1) is 6.04 Å². The van der Waals surface area contributed by atoms with E-state index in [0.29, 0.717) is 12.1 Å². The molecule has 1 saturated carbocycles. The van der Waals surface area contributed by atoms with Crippen LogP contribution in [-0.2, 0) is 7.05 Å². The van der Waals surface area contributed by atoms with Crippen LogP contribution in [0.25, 0.3) is 0 Å². The van der Waals surface area contributed by atoms with E-state index in [0.717, 1.165) is 11.7 Å². The van der Waals surface area contributed by atoms with Crippen LogP contribution in [0.4, 0.5) is 0 Å². The van der Waals surface area contributed by atoms with E-state index in [9.17, 15) is 0 Å². The molecule has 13 heavy (non-hydrogen) atoms. The molecule has 2 rings (SSSR count). The van der Waals surface area contributed by atoms with Crippen LogP contribution in [0, 0.1) is 5.92 Å². The van der Waals surface area contributed by atoms with Crippen molar-refractivity contribution in [2.75, 3.05) is 0 Å². The van der Waals surface area contributed by atoms with Crippen molar-refractivity contribution in [3.63, 3.8) is 0 Å². The van der Waals surface area contributed by atoms with Crippen molar-refractivity contribution in [1.82, 2.24) is 14.9 Å². The molecule has 0 spiro atoms. The molecule has 0 bridgehead atoms. The lowest BCUT2D eigenvalue weighted by molar-refractivity contribution is 0.513. The van der Waals surface area contributed by atoms with Gasteiger partial charge in [-0.05, 0) is 19.3 Å². The molecule has 1 aliphatic carbocycles. The molecule has 3 heteroatoms. The topological polar surface area (TPSA) is 29.9 Å². The van der Waals surface area contributed by atoms with Gasteiger partial charge in [0.15, 0.2) is 0 Å². The quantitative estimate of drug-likeness (QED) is 0.761. The van der Waals surface area contributed by atoms with Crippen LogP contribution >= 0.6 is 0 Å². The number of nitrogens with zero attached hydrogens (tertiary/aromatic N) is 2. The first-order chi connectivity index (χ1) is 6.18. The Kier molecular flexibility index (Phi) is 2.12. The van der Waals surface area contributed by atoms with Gasteiger partial charge in [-0.15, -0.1) is 0 Å². The molecule has 1 heterocycles. The van der Waals surface area contributed by atoms with Gasteiger partial charge < -0.3 is 9.88 Å². The fourth-order valence-electron chi connectivity index (χ4n) is 1.74. The predicted octanol–water partition coefficient (Wildman–Crippen LogP) is 1.48. The molecule has 3 nitrogen and oxygen atoms in total. The lowest BCUT2D eigenvalue weighted by atomic mass is 10.3. The van der Waals surface area contributed by atoms with Crippen molar-refractivity contribution in [2.45, 2.75) is 32.4 Å². The van der Waals surface area contributed by atoms with Gasteiger partial charge in [0.25, 0.3) is 0 Å². The van der Waals surface area contributed by atoms with E-state index in [1.165, 1.54) is 6.42 Å². The van der Waals surface area contributed by atoms with E-state index in [1.807, 2.05) is 19.4 Å². The molecule has 3 atom stereocenters. The zero-order chi connectivity index (χ0) is 9.42. The summed E-state index contributed by atoms with van der Waals surface area (Å²) >= 11 is 0. The first-order valence-electron chi connectivity index (χ1n) is 4.91. The summed E-state index contributed by atoms with van der Waals surface area (Å²) in [6.07, 6.45) is 5.16. The van der Waals surface area contributed by atoms with E-state index in [2.05, 4.69) is 28.7 Å². The smallest absolute Gasteiger partial charge is 0.125 e. The predicted molar refractivity (Wildman–Crippen MR) is 52.3 cm³/mol. The van der Waals surface area contributed by atoms with Crippen molar-refractivity contribution in [3.05, 3.63) is 18.2 Å². The maximum absolute atomic E-state index is 4.32. The highest BCUT2D eigenvalue weighted by Crippen LogP contribution is 2.31. The van der Waals surface area contributed by atoms with Crippen LogP contribution in [0.2, 0.25) is 0 Å². The Bertz CT molecular complexity index is 292. The van der Waals surface area contributed by atoms with Crippen molar-refractivity contribution in [3.8, 4) is 0 Å². The summed E-state index contributed by atoms with van der Waals surface area (Å²) in [5.41, 5.74) is 0. The minimum Gasteiger partial charge on any atom is -0.337 e. The van der Waals surface area contributed by atoms with Gasteiger partial charge in [-0.3, -0.25) is 0 Å². The lowest BCUT2D eigenvalue weighted by Gasteiger charge is -2.12. The first-order valence-corrected chi connectivity index (χ1v) is 4.91. The maximum Gasteiger partial charge on any atom is 0.125 e. The fraction of sp³-hybridized carbons (Fsp3) is 0.700. The molecule has 0 amide bonds. The number of aryl methyl sites for hydroxylation is 1. The summed E-state index contributed by atoms with van der Waals surface area (Å²) in [6, 6.07) is 1.08. The summed E-state index contributed by atoms with van der Waals surface area (Å²) in [7, 11) is 2.04. The second-order valence-corrected chi connectivity index (χ2v) is 4.10. The molecule has 0 radical (unpaired) electrons. The van der Waals surface area contributed by atoms with E-state index in [1.54, 1.807) is 0 Å². The standard InChI is InChI=1S/C10H17N3/c1-7-6-9(7)12-8(2)10-11-4-5-13(10)3/h4-5,7-9,12H,6H2,1-3H3/t7-,8?,9-/m1/s1. The zero-order valence-electron chi connectivity index (χ0n) is 8.49. The Morgan fingerprint density at radius 3 is 2.85 bits per heavy atom. The van der Waals surface area contributed by atoms with Crippen molar-refractivity contribution in [1.29, 1.82) is 0 Å². The molecule has 1 aromatic heterocycles. The van der Waals surface area contributed by atoms with Crippen LogP contribution in [0.5, 0.6) is 0 Å². The molecular formula is C10H17N3. The molecule has 0 aliphatic heterocycles. The van der Waals surface area contributed by atoms with Gasteiger partial charge in [0.1, 0.15) is 5.82 Å². The number of hydrogen-bond donors (Lipinski definition) is 1. The summed E-state index contributed by atoms with van der Waals surface area (Å²) in [4.78, 5) is 4.32. The minimum atomic E-state index is 0.370. The molecule has 1 aliphatic rings. The molecule has 0 aromatic carbocycles. The van der Waals surface area contributed by atoms with E-state index >= 15 is 0 Å². The second kappa shape index (κ2) is 3.14. The molecule has 1 N–H and O–H groups in total. The average Bonchev–Trinajstić information content (AvgIpc) is 2.62. The van der Waals surface area contributed by atoms with Crippen LogP contribution in [0.1, 0.15) is 32.1 Å². The van der Waals surface area contributed by atoms with Gasteiger partial charge in [0, 0.05) is 25.5 Å². The largest absolute Gasteiger partial charge is 0.337 e.